The van der Waals surface area contributed by atoms with Gasteiger partial charge in [-0.15, -0.1) is 0 Å². The Morgan fingerprint density at radius 1 is 0.893 bits per heavy atom. The van der Waals surface area contributed by atoms with Crippen LogP contribution in [0.5, 0.6) is 0 Å². The lowest BCUT2D eigenvalue weighted by Gasteiger charge is -2.39. The number of hydrogen-bond donors (Lipinski definition) is 0. The maximum atomic E-state index is 13.1. The lowest BCUT2D eigenvalue weighted by molar-refractivity contribution is -0.0456. The Labute approximate surface area is 167 Å². The third-order valence-electron chi connectivity index (χ3n) is 5.28. The van der Waals surface area contributed by atoms with Gasteiger partial charge in [0.2, 0.25) is 10.0 Å². The number of rotatable bonds is 4. The number of morpholine rings is 1. The summed E-state index contributed by atoms with van der Waals surface area (Å²) in [5, 5.41) is 4.19. The number of aromatic nitrogens is 2. The van der Waals surface area contributed by atoms with Crippen LogP contribution in [0.15, 0.2) is 4.90 Å². The van der Waals surface area contributed by atoms with Gasteiger partial charge in [0, 0.05) is 46.3 Å². The van der Waals surface area contributed by atoms with Crippen molar-refractivity contribution in [3.05, 3.63) is 11.4 Å². The first kappa shape index (κ1) is 21.7. The number of ether oxygens (including phenoxy) is 1. The molecule has 2 atom stereocenters. The lowest BCUT2D eigenvalue weighted by Crippen LogP contribution is -2.57. The summed E-state index contributed by atoms with van der Waals surface area (Å²) in [5.41, 5.74) is 1.02. The van der Waals surface area contributed by atoms with E-state index in [0.29, 0.717) is 24.5 Å². The fourth-order valence-electron chi connectivity index (χ4n) is 3.88. The molecule has 12 heteroatoms. The van der Waals surface area contributed by atoms with E-state index in [1.165, 1.54) is 12.9 Å². The van der Waals surface area contributed by atoms with Crippen LogP contribution in [0.4, 0.5) is 0 Å². The van der Waals surface area contributed by atoms with E-state index >= 15 is 0 Å². The Hall–Kier alpha value is -1.05. The Morgan fingerprint density at radius 2 is 1.39 bits per heavy atom. The van der Waals surface area contributed by atoms with Gasteiger partial charge in [0.15, 0.2) is 0 Å². The van der Waals surface area contributed by atoms with Crippen LogP contribution in [0.1, 0.15) is 25.2 Å². The summed E-state index contributed by atoms with van der Waals surface area (Å²) < 4.78 is 63.4. The third kappa shape index (κ3) is 3.85. The molecule has 10 nitrogen and oxygen atoms in total. The van der Waals surface area contributed by atoms with Crippen LogP contribution in [-0.4, -0.2) is 91.0 Å². The van der Waals surface area contributed by atoms with Crippen molar-refractivity contribution in [2.75, 3.05) is 39.3 Å². The highest BCUT2D eigenvalue weighted by Crippen LogP contribution is 2.25. The Bertz CT molecular complexity index is 925. The van der Waals surface area contributed by atoms with E-state index in [2.05, 4.69) is 5.10 Å². The minimum absolute atomic E-state index is 0.116. The van der Waals surface area contributed by atoms with Crippen molar-refractivity contribution in [1.29, 1.82) is 0 Å². The molecule has 1 aromatic rings. The Morgan fingerprint density at radius 3 is 1.86 bits per heavy atom. The van der Waals surface area contributed by atoms with Gasteiger partial charge < -0.3 is 4.74 Å². The van der Waals surface area contributed by atoms with Gasteiger partial charge in [0.25, 0.3) is 10.2 Å². The maximum Gasteiger partial charge on any atom is 0.282 e. The second-order valence-corrected chi connectivity index (χ2v) is 11.3. The lowest BCUT2D eigenvalue weighted by atomic mass is 10.3. The summed E-state index contributed by atoms with van der Waals surface area (Å²) in [6.07, 6.45) is -0.339. The molecular formula is C16H29N5O5S2. The highest BCUT2D eigenvalue weighted by molar-refractivity contribution is 7.89. The van der Waals surface area contributed by atoms with Crippen molar-refractivity contribution in [2.45, 2.75) is 44.8 Å². The van der Waals surface area contributed by atoms with Crippen molar-refractivity contribution < 1.29 is 21.6 Å². The van der Waals surface area contributed by atoms with Crippen molar-refractivity contribution in [1.82, 2.24) is 22.7 Å². The quantitative estimate of drug-likeness (QED) is 0.643. The Balaban J connectivity index is 1.73. The average Bonchev–Trinajstić information content (AvgIpc) is 2.86. The van der Waals surface area contributed by atoms with E-state index < -0.39 is 20.2 Å². The van der Waals surface area contributed by atoms with E-state index in [1.54, 1.807) is 25.6 Å². The van der Waals surface area contributed by atoms with Gasteiger partial charge in [-0.3, -0.25) is 4.68 Å². The van der Waals surface area contributed by atoms with Crippen molar-refractivity contribution in [3.63, 3.8) is 0 Å². The second-order valence-electron chi connectivity index (χ2n) is 7.51. The van der Waals surface area contributed by atoms with Crippen LogP contribution in [0.3, 0.4) is 0 Å². The molecule has 2 unspecified atom stereocenters. The molecule has 0 amide bonds. The summed E-state index contributed by atoms with van der Waals surface area (Å²) in [4.78, 5) is 0.210. The highest BCUT2D eigenvalue weighted by Gasteiger charge is 2.39. The van der Waals surface area contributed by atoms with E-state index in [0.717, 1.165) is 0 Å². The zero-order chi connectivity index (χ0) is 20.9. The smallest absolute Gasteiger partial charge is 0.282 e. The predicted octanol–water partition coefficient (Wildman–Crippen LogP) is -0.303. The van der Waals surface area contributed by atoms with Gasteiger partial charge in [-0.05, 0) is 27.7 Å². The average molecular weight is 436 g/mol. The second kappa shape index (κ2) is 7.65. The standard InChI is InChI=1S/C16H29N5O5S2/c1-12-10-21(11-13(2)26-12)28(24,25)20-8-6-19(7-9-20)27(22,23)16-14(3)17-18(5)15(16)4/h12-13H,6-11H2,1-5H3. The van der Waals surface area contributed by atoms with Gasteiger partial charge in [-0.2, -0.15) is 26.4 Å². The molecule has 3 heterocycles. The summed E-state index contributed by atoms with van der Waals surface area (Å²) >= 11 is 0. The van der Waals surface area contributed by atoms with Crippen molar-refractivity contribution in [3.8, 4) is 0 Å². The van der Waals surface area contributed by atoms with Gasteiger partial charge in [-0.25, -0.2) is 8.42 Å². The normalized spacial score (nSPS) is 26.6. The minimum Gasteiger partial charge on any atom is -0.373 e. The fraction of sp³-hybridized carbons (Fsp3) is 0.812. The molecule has 160 valence electrons. The Kier molecular flexibility index (Phi) is 5.92. The minimum atomic E-state index is -3.72. The van der Waals surface area contributed by atoms with Gasteiger partial charge in [0.1, 0.15) is 4.90 Å². The van der Waals surface area contributed by atoms with Crippen LogP contribution in [-0.2, 0) is 32.0 Å². The largest absolute Gasteiger partial charge is 0.373 e. The molecule has 0 saturated carbocycles. The number of piperazine rings is 1. The fourth-order valence-corrected chi connectivity index (χ4v) is 7.45. The molecule has 28 heavy (non-hydrogen) atoms. The van der Waals surface area contributed by atoms with E-state index in [-0.39, 0.29) is 43.3 Å². The van der Waals surface area contributed by atoms with Gasteiger partial charge >= 0.3 is 0 Å². The van der Waals surface area contributed by atoms with Crippen LogP contribution in [0.2, 0.25) is 0 Å². The molecule has 1 aromatic heterocycles. The first-order valence-corrected chi connectivity index (χ1v) is 12.2. The first-order valence-electron chi connectivity index (χ1n) is 9.35. The first-order chi connectivity index (χ1) is 12.9. The number of aryl methyl sites for hydroxylation is 2. The molecule has 0 spiro atoms. The molecule has 2 saturated heterocycles. The van der Waals surface area contributed by atoms with Gasteiger partial charge in [0.05, 0.1) is 23.6 Å². The topological polar surface area (TPSA) is 105 Å². The van der Waals surface area contributed by atoms with Crippen molar-refractivity contribution >= 4 is 20.2 Å². The zero-order valence-electron chi connectivity index (χ0n) is 17.0. The van der Waals surface area contributed by atoms with Gasteiger partial charge in [-0.1, -0.05) is 0 Å². The third-order valence-corrected chi connectivity index (χ3v) is 9.40. The monoisotopic (exact) mass is 435 g/mol. The van der Waals surface area contributed by atoms with Crippen LogP contribution >= 0.6 is 0 Å². The molecule has 2 aliphatic heterocycles. The van der Waals surface area contributed by atoms with Crippen LogP contribution in [0, 0.1) is 13.8 Å². The SMILES string of the molecule is Cc1nn(C)c(C)c1S(=O)(=O)N1CCN(S(=O)(=O)N2CC(C)OC(C)C2)CC1. The summed E-state index contributed by atoms with van der Waals surface area (Å²) in [5.74, 6) is 0. The van der Waals surface area contributed by atoms with E-state index in [1.807, 2.05) is 13.8 Å². The highest BCUT2D eigenvalue weighted by atomic mass is 32.2. The molecule has 0 bridgehead atoms. The molecule has 0 aliphatic carbocycles. The number of sulfonamides is 1. The van der Waals surface area contributed by atoms with E-state index in [9.17, 15) is 16.8 Å². The predicted molar refractivity (Wildman–Crippen MR) is 104 cm³/mol. The molecule has 3 rings (SSSR count). The van der Waals surface area contributed by atoms with Crippen LogP contribution in [0.25, 0.3) is 0 Å². The van der Waals surface area contributed by atoms with Crippen LogP contribution < -0.4 is 0 Å². The summed E-state index contributed by atoms with van der Waals surface area (Å²) in [6.45, 7) is 8.17. The molecule has 0 aromatic carbocycles. The molecular weight excluding hydrogens is 406 g/mol. The molecule has 0 radical (unpaired) electrons. The number of hydrogen-bond acceptors (Lipinski definition) is 6. The maximum absolute atomic E-state index is 13.1. The summed E-state index contributed by atoms with van der Waals surface area (Å²) in [6, 6.07) is 0. The molecule has 2 fully saturated rings. The zero-order valence-corrected chi connectivity index (χ0v) is 18.6. The van der Waals surface area contributed by atoms with E-state index in [4.69, 9.17) is 4.74 Å². The number of nitrogens with zero attached hydrogens (tertiary/aromatic N) is 5. The molecule has 0 N–H and O–H groups in total. The molecule has 2 aliphatic rings. The summed E-state index contributed by atoms with van der Waals surface area (Å²) in [7, 11) is -5.66. The van der Waals surface area contributed by atoms with Crippen molar-refractivity contribution in [2.24, 2.45) is 7.05 Å².